The number of hydrogen-bond acceptors (Lipinski definition) is 4. The third-order valence-electron chi connectivity index (χ3n) is 3.11. The number of carbonyl (C=O) groups is 2. The number of carbonyl (C=O) groups excluding carboxylic acids is 2. The number of nitrogens with zero attached hydrogens (tertiary/aromatic N) is 2. The fourth-order valence-electron chi connectivity index (χ4n) is 1.87. The normalized spacial score (nSPS) is 11.3. The second kappa shape index (κ2) is 6.59. The average Bonchev–Trinajstić information content (AvgIpc) is 2.93. The lowest BCUT2D eigenvalue weighted by Crippen LogP contribution is -2.30. The van der Waals surface area contributed by atoms with Gasteiger partial charge in [0.2, 0.25) is 0 Å². The number of rotatable bonds is 4. The first kappa shape index (κ1) is 15.3. The summed E-state index contributed by atoms with van der Waals surface area (Å²) in [5, 5.41) is 11.6. The van der Waals surface area contributed by atoms with Gasteiger partial charge in [0.15, 0.2) is 6.10 Å². The molecule has 2 rings (SSSR count). The zero-order valence-electron chi connectivity index (χ0n) is 12.2. The van der Waals surface area contributed by atoms with Crippen LogP contribution in [-0.2, 0) is 16.6 Å². The van der Waals surface area contributed by atoms with Crippen LogP contribution in [0.3, 0.4) is 0 Å². The zero-order chi connectivity index (χ0) is 16.1. The van der Waals surface area contributed by atoms with Crippen molar-refractivity contribution in [3.63, 3.8) is 0 Å². The number of aryl methyl sites for hydroxylation is 1. The first-order chi connectivity index (χ1) is 10.5. The van der Waals surface area contributed by atoms with Crippen LogP contribution in [0.25, 0.3) is 0 Å². The van der Waals surface area contributed by atoms with Crippen molar-refractivity contribution in [1.29, 1.82) is 5.26 Å². The fraction of sp³-hybridized carbons (Fsp3) is 0.188. The van der Waals surface area contributed by atoms with Crippen LogP contribution in [0.4, 0.5) is 5.69 Å². The number of esters is 1. The van der Waals surface area contributed by atoms with E-state index in [2.05, 4.69) is 5.32 Å². The van der Waals surface area contributed by atoms with Crippen molar-refractivity contribution in [2.24, 2.45) is 7.05 Å². The second-order valence-electron chi connectivity index (χ2n) is 4.70. The Morgan fingerprint density at radius 2 is 2.00 bits per heavy atom. The molecule has 0 radical (unpaired) electrons. The number of benzene rings is 1. The molecule has 6 nitrogen and oxygen atoms in total. The quantitative estimate of drug-likeness (QED) is 0.876. The molecule has 1 aromatic heterocycles. The lowest BCUT2D eigenvalue weighted by molar-refractivity contribution is -0.123. The Morgan fingerprint density at radius 1 is 1.27 bits per heavy atom. The molecule has 1 atom stereocenters. The Hall–Kier alpha value is -3.07. The van der Waals surface area contributed by atoms with Crippen LogP contribution in [0, 0.1) is 11.3 Å². The lowest BCUT2D eigenvalue weighted by Gasteiger charge is -2.14. The van der Waals surface area contributed by atoms with Crippen molar-refractivity contribution in [3.05, 3.63) is 53.9 Å². The topological polar surface area (TPSA) is 84.1 Å². The summed E-state index contributed by atoms with van der Waals surface area (Å²) in [6.07, 6.45) is 0.735. The van der Waals surface area contributed by atoms with E-state index in [9.17, 15) is 9.59 Å². The molecule has 0 aliphatic heterocycles. The maximum absolute atomic E-state index is 12.1. The van der Waals surface area contributed by atoms with Gasteiger partial charge in [0, 0.05) is 13.2 Å². The predicted octanol–water partition coefficient (Wildman–Crippen LogP) is 2.08. The zero-order valence-corrected chi connectivity index (χ0v) is 12.2. The second-order valence-corrected chi connectivity index (χ2v) is 4.70. The molecule has 0 aliphatic carbocycles. The molecule has 0 saturated heterocycles. The monoisotopic (exact) mass is 297 g/mol. The molecule has 22 heavy (non-hydrogen) atoms. The Kier molecular flexibility index (Phi) is 4.59. The van der Waals surface area contributed by atoms with E-state index in [1.165, 1.54) is 6.92 Å². The van der Waals surface area contributed by atoms with E-state index >= 15 is 0 Å². The van der Waals surface area contributed by atoms with Crippen LogP contribution in [0.2, 0.25) is 0 Å². The standard InChI is InChI=1S/C16H15N3O3/c1-11(22-16(21)14-8-5-9-19(14)2)15(20)18-13-7-4-3-6-12(13)10-17/h3-9,11H,1-2H3,(H,18,20)/t11-/m0/s1. The molecule has 2 aromatic rings. The highest BCUT2D eigenvalue weighted by Gasteiger charge is 2.21. The molecule has 0 bridgehead atoms. The minimum atomic E-state index is -0.978. The third-order valence-corrected chi connectivity index (χ3v) is 3.11. The van der Waals surface area contributed by atoms with Crippen molar-refractivity contribution >= 4 is 17.6 Å². The summed E-state index contributed by atoms with van der Waals surface area (Å²) in [5.74, 6) is -1.08. The van der Waals surface area contributed by atoms with Gasteiger partial charge in [-0.05, 0) is 31.2 Å². The van der Waals surface area contributed by atoms with Crippen LogP contribution in [-0.4, -0.2) is 22.5 Å². The number of aromatic nitrogens is 1. The highest BCUT2D eigenvalue weighted by Crippen LogP contribution is 2.14. The summed E-state index contributed by atoms with van der Waals surface area (Å²) in [7, 11) is 1.71. The van der Waals surface area contributed by atoms with Crippen molar-refractivity contribution < 1.29 is 14.3 Å². The van der Waals surface area contributed by atoms with E-state index in [1.54, 1.807) is 54.2 Å². The van der Waals surface area contributed by atoms with Crippen LogP contribution in [0.15, 0.2) is 42.6 Å². The molecule has 1 N–H and O–H groups in total. The molecule has 0 fully saturated rings. The summed E-state index contributed by atoms with van der Waals surface area (Å²) in [4.78, 5) is 24.0. The number of para-hydroxylation sites is 1. The Labute approximate surface area is 127 Å². The van der Waals surface area contributed by atoms with Gasteiger partial charge in [-0.25, -0.2) is 4.79 Å². The largest absolute Gasteiger partial charge is 0.448 e. The van der Waals surface area contributed by atoms with Gasteiger partial charge in [0.25, 0.3) is 5.91 Å². The summed E-state index contributed by atoms with van der Waals surface area (Å²) in [6, 6.07) is 11.9. The molecule has 0 saturated carbocycles. The number of anilines is 1. The number of nitriles is 1. The molecule has 1 amide bonds. The molecule has 1 heterocycles. The lowest BCUT2D eigenvalue weighted by atomic mass is 10.2. The Balaban J connectivity index is 2.02. The molecule has 0 spiro atoms. The Morgan fingerprint density at radius 3 is 2.64 bits per heavy atom. The average molecular weight is 297 g/mol. The van der Waals surface area contributed by atoms with Crippen molar-refractivity contribution in [3.8, 4) is 6.07 Å². The molecule has 112 valence electrons. The van der Waals surface area contributed by atoms with E-state index in [4.69, 9.17) is 10.00 Å². The summed E-state index contributed by atoms with van der Waals surface area (Å²) < 4.78 is 6.74. The third kappa shape index (κ3) is 3.33. The predicted molar refractivity (Wildman–Crippen MR) is 80.1 cm³/mol. The van der Waals surface area contributed by atoms with Crippen LogP contribution >= 0.6 is 0 Å². The first-order valence-electron chi connectivity index (χ1n) is 6.65. The highest BCUT2D eigenvalue weighted by molar-refractivity contribution is 5.97. The molecule has 1 aromatic carbocycles. The fourth-order valence-corrected chi connectivity index (χ4v) is 1.87. The minimum Gasteiger partial charge on any atom is -0.448 e. The molecule has 0 unspecified atom stereocenters. The summed E-state index contributed by atoms with van der Waals surface area (Å²) in [5.41, 5.74) is 1.09. The number of nitrogens with one attached hydrogen (secondary N) is 1. The van der Waals surface area contributed by atoms with Gasteiger partial charge in [-0.1, -0.05) is 12.1 Å². The van der Waals surface area contributed by atoms with Gasteiger partial charge in [-0.2, -0.15) is 5.26 Å². The van der Waals surface area contributed by atoms with Crippen LogP contribution in [0.1, 0.15) is 23.0 Å². The SMILES string of the molecule is C[C@H](OC(=O)c1cccn1C)C(=O)Nc1ccccc1C#N. The molecule has 0 aliphatic rings. The highest BCUT2D eigenvalue weighted by atomic mass is 16.5. The summed E-state index contributed by atoms with van der Waals surface area (Å²) in [6.45, 7) is 1.48. The van der Waals surface area contributed by atoms with E-state index in [0.717, 1.165) is 0 Å². The van der Waals surface area contributed by atoms with E-state index in [1.807, 2.05) is 6.07 Å². The molecular formula is C16H15N3O3. The first-order valence-corrected chi connectivity index (χ1v) is 6.65. The van der Waals surface area contributed by atoms with Gasteiger partial charge in [-0.15, -0.1) is 0 Å². The van der Waals surface area contributed by atoms with Gasteiger partial charge in [0.1, 0.15) is 11.8 Å². The maximum Gasteiger partial charge on any atom is 0.355 e. The van der Waals surface area contributed by atoms with Crippen LogP contribution in [0.5, 0.6) is 0 Å². The van der Waals surface area contributed by atoms with E-state index in [0.29, 0.717) is 16.9 Å². The van der Waals surface area contributed by atoms with Gasteiger partial charge in [0.05, 0.1) is 11.3 Å². The smallest absolute Gasteiger partial charge is 0.355 e. The molecular weight excluding hydrogens is 282 g/mol. The van der Waals surface area contributed by atoms with E-state index < -0.39 is 18.0 Å². The number of amides is 1. The van der Waals surface area contributed by atoms with Crippen molar-refractivity contribution in [2.75, 3.05) is 5.32 Å². The van der Waals surface area contributed by atoms with E-state index in [-0.39, 0.29) is 0 Å². The Bertz CT molecular complexity index is 743. The van der Waals surface area contributed by atoms with Gasteiger partial charge in [-0.3, -0.25) is 4.79 Å². The van der Waals surface area contributed by atoms with Gasteiger partial charge >= 0.3 is 5.97 Å². The number of ether oxygens (including phenoxy) is 1. The number of hydrogen-bond donors (Lipinski definition) is 1. The van der Waals surface area contributed by atoms with Crippen LogP contribution < -0.4 is 5.32 Å². The van der Waals surface area contributed by atoms with Crippen molar-refractivity contribution in [1.82, 2.24) is 4.57 Å². The molecule has 6 heteroatoms. The van der Waals surface area contributed by atoms with Gasteiger partial charge < -0.3 is 14.6 Å². The summed E-state index contributed by atoms with van der Waals surface area (Å²) >= 11 is 0. The van der Waals surface area contributed by atoms with Crippen molar-refractivity contribution in [2.45, 2.75) is 13.0 Å². The maximum atomic E-state index is 12.1. The minimum absolute atomic E-state index is 0.344.